The van der Waals surface area contributed by atoms with Crippen LogP contribution in [-0.4, -0.2) is 57.0 Å². The highest BCUT2D eigenvalue weighted by Gasteiger charge is 2.29. The minimum Gasteiger partial charge on any atom is -0.506 e. The molecule has 8 nitrogen and oxygen atoms in total. The molecule has 41 heavy (non-hydrogen) atoms. The number of unbranched alkanes of at least 4 members (excludes halogenated alkanes) is 2. The summed E-state index contributed by atoms with van der Waals surface area (Å²) in [5.41, 5.74) is 1.50. The van der Waals surface area contributed by atoms with E-state index in [9.17, 15) is 19.1 Å². The first-order valence-electron chi connectivity index (χ1n) is 14.5. The maximum Gasteiger partial charge on any atom is 0.264 e. The molecule has 0 bridgehead atoms. The van der Waals surface area contributed by atoms with Crippen molar-refractivity contribution in [3.8, 4) is 17.2 Å². The molecule has 2 aromatic carbocycles. The zero-order valence-corrected chi connectivity index (χ0v) is 24.0. The molecule has 2 N–H and O–H groups in total. The molecular formula is C31H37FN4O4S. The summed E-state index contributed by atoms with van der Waals surface area (Å²) < 4.78 is 20.1. The normalized spacial score (nSPS) is 14.9. The monoisotopic (exact) mass is 580 g/mol. The Hall–Kier alpha value is -3.37. The zero-order valence-electron chi connectivity index (χ0n) is 23.2. The summed E-state index contributed by atoms with van der Waals surface area (Å²) in [6.07, 6.45) is 7.14. The number of amides is 1. The van der Waals surface area contributed by atoms with Crippen molar-refractivity contribution in [2.75, 3.05) is 26.2 Å². The molecular weight excluding hydrogens is 543 g/mol. The van der Waals surface area contributed by atoms with E-state index >= 15 is 0 Å². The van der Waals surface area contributed by atoms with Crippen LogP contribution in [0.1, 0.15) is 56.2 Å². The molecule has 10 heteroatoms. The number of fused-ring (bicyclic) bond motifs is 1. The summed E-state index contributed by atoms with van der Waals surface area (Å²) >= 11 is 1.61. The topological polar surface area (TPSA) is 96.7 Å². The minimum absolute atomic E-state index is 0.0114. The SMILES string of the molecule is O=C(CCNCCCCCOc1ccc(F)cc1)N1CCc2nc(SC3CCC3)n(-c3ccccc3O)c(=O)c2C1. The Labute approximate surface area is 243 Å². The fraction of sp³-hybridized carbons (Fsp3) is 0.452. The van der Waals surface area contributed by atoms with Gasteiger partial charge in [0.25, 0.3) is 5.56 Å². The predicted molar refractivity (Wildman–Crippen MR) is 157 cm³/mol. The highest BCUT2D eigenvalue weighted by Crippen LogP contribution is 2.37. The first-order valence-corrected chi connectivity index (χ1v) is 15.3. The van der Waals surface area contributed by atoms with Crippen molar-refractivity contribution in [2.45, 2.75) is 68.3 Å². The molecule has 1 amide bonds. The third kappa shape index (κ3) is 7.48. The number of aromatic hydroxyl groups is 1. The van der Waals surface area contributed by atoms with Gasteiger partial charge in [0.1, 0.15) is 17.3 Å². The average Bonchev–Trinajstić information content (AvgIpc) is 2.95. The average molecular weight is 581 g/mol. The number of carbonyl (C=O) groups excluding carboxylic acids is 1. The molecule has 0 atom stereocenters. The number of halogens is 1. The Balaban J connectivity index is 1.10. The second-order valence-electron chi connectivity index (χ2n) is 10.5. The fourth-order valence-electron chi connectivity index (χ4n) is 4.98. The number of nitrogens with zero attached hydrogens (tertiary/aromatic N) is 3. The number of hydrogen-bond donors (Lipinski definition) is 2. The fourth-order valence-corrected chi connectivity index (χ4v) is 6.29. The quantitative estimate of drug-likeness (QED) is 0.221. The number of nitrogens with one attached hydrogen (secondary N) is 1. The van der Waals surface area contributed by atoms with Crippen molar-refractivity contribution in [2.24, 2.45) is 0 Å². The number of ether oxygens (including phenoxy) is 1. The van der Waals surface area contributed by atoms with Gasteiger partial charge in [-0.3, -0.25) is 14.2 Å². The van der Waals surface area contributed by atoms with Gasteiger partial charge in [0.15, 0.2) is 5.16 Å². The van der Waals surface area contributed by atoms with Crippen molar-refractivity contribution in [1.29, 1.82) is 0 Å². The van der Waals surface area contributed by atoms with Gasteiger partial charge in [-0.25, -0.2) is 9.37 Å². The van der Waals surface area contributed by atoms with E-state index in [0.29, 0.717) is 59.9 Å². The Morgan fingerprint density at radius 3 is 2.66 bits per heavy atom. The number of aromatic nitrogens is 2. The first kappa shape index (κ1) is 29.1. The molecule has 0 spiro atoms. The van der Waals surface area contributed by atoms with E-state index in [-0.39, 0.29) is 29.6 Å². The molecule has 0 radical (unpaired) electrons. The van der Waals surface area contributed by atoms with Crippen molar-refractivity contribution in [3.05, 3.63) is 76.0 Å². The summed E-state index contributed by atoms with van der Waals surface area (Å²) in [5.74, 6) is 0.437. The van der Waals surface area contributed by atoms with Crippen LogP contribution in [0, 0.1) is 5.82 Å². The van der Waals surface area contributed by atoms with Crippen LogP contribution < -0.4 is 15.6 Å². The number of benzene rings is 2. The Bertz CT molecular complexity index is 1390. The van der Waals surface area contributed by atoms with E-state index in [1.807, 2.05) is 0 Å². The van der Waals surface area contributed by atoms with Gasteiger partial charge in [0.2, 0.25) is 5.91 Å². The third-order valence-electron chi connectivity index (χ3n) is 7.59. The molecule has 0 unspecified atom stereocenters. The minimum atomic E-state index is -0.274. The number of phenols is 1. The largest absolute Gasteiger partial charge is 0.506 e. The van der Waals surface area contributed by atoms with Crippen LogP contribution in [0.5, 0.6) is 11.5 Å². The first-order chi connectivity index (χ1) is 20.0. The number of carbonyl (C=O) groups is 1. The van der Waals surface area contributed by atoms with E-state index in [2.05, 4.69) is 5.32 Å². The van der Waals surface area contributed by atoms with E-state index in [1.165, 1.54) is 23.1 Å². The van der Waals surface area contributed by atoms with Crippen molar-refractivity contribution < 1.29 is 19.0 Å². The second kappa shape index (κ2) is 14.0. The molecule has 1 fully saturated rings. The molecule has 1 aliphatic heterocycles. The lowest BCUT2D eigenvalue weighted by Gasteiger charge is -2.30. The molecule has 0 saturated heterocycles. The molecule has 1 aromatic heterocycles. The van der Waals surface area contributed by atoms with Crippen LogP contribution in [0.15, 0.2) is 58.5 Å². The van der Waals surface area contributed by atoms with Crippen LogP contribution >= 0.6 is 11.8 Å². The van der Waals surface area contributed by atoms with Crippen molar-refractivity contribution >= 4 is 17.7 Å². The van der Waals surface area contributed by atoms with Gasteiger partial charge in [-0.15, -0.1) is 0 Å². The van der Waals surface area contributed by atoms with Gasteiger partial charge in [-0.1, -0.05) is 30.3 Å². The molecule has 2 heterocycles. The van der Waals surface area contributed by atoms with E-state index in [1.54, 1.807) is 53.1 Å². The Morgan fingerprint density at radius 1 is 1.10 bits per heavy atom. The van der Waals surface area contributed by atoms with Gasteiger partial charge in [0, 0.05) is 31.2 Å². The lowest BCUT2D eigenvalue weighted by atomic mass is 10.0. The number of para-hydroxylation sites is 2. The van der Waals surface area contributed by atoms with Crippen LogP contribution in [0.3, 0.4) is 0 Å². The summed E-state index contributed by atoms with van der Waals surface area (Å²) in [6, 6.07) is 12.9. The summed E-state index contributed by atoms with van der Waals surface area (Å²) in [7, 11) is 0. The number of hydrogen-bond acceptors (Lipinski definition) is 7. The molecule has 218 valence electrons. The lowest BCUT2D eigenvalue weighted by Crippen LogP contribution is -2.42. The van der Waals surface area contributed by atoms with Gasteiger partial charge in [-0.2, -0.15) is 0 Å². The van der Waals surface area contributed by atoms with Crippen LogP contribution in [0.2, 0.25) is 0 Å². The van der Waals surface area contributed by atoms with Gasteiger partial charge >= 0.3 is 0 Å². The number of phenolic OH excluding ortho intramolecular Hbond substituents is 1. The Kier molecular flexibility index (Phi) is 9.95. The number of thioether (sulfide) groups is 1. The standard InChI is InChI=1S/C31H37FN4O4S/c32-22-11-13-23(14-12-22)40-20-5-1-4-17-33-18-15-29(38)35-19-16-26-25(21-35)30(39)36(27-9-2-3-10-28(27)37)31(34-26)41-24-7-6-8-24/h2-3,9-14,24,33,37H,1,4-8,15-21H2. The summed E-state index contributed by atoms with van der Waals surface area (Å²) in [4.78, 5) is 33.4. The molecule has 2 aliphatic rings. The highest BCUT2D eigenvalue weighted by molar-refractivity contribution is 7.99. The van der Waals surface area contributed by atoms with Gasteiger partial charge in [0.05, 0.1) is 30.1 Å². The van der Waals surface area contributed by atoms with Gasteiger partial charge in [-0.05, 0) is 75.0 Å². The zero-order chi connectivity index (χ0) is 28.6. The third-order valence-corrected chi connectivity index (χ3v) is 8.88. The van der Waals surface area contributed by atoms with Crippen LogP contribution in [-0.2, 0) is 17.8 Å². The second-order valence-corrected chi connectivity index (χ2v) is 11.8. The maximum atomic E-state index is 13.8. The number of rotatable bonds is 13. The van der Waals surface area contributed by atoms with E-state index in [0.717, 1.165) is 44.3 Å². The van der Waals surface area contributed by atoms with Crippen molar-refractivity contribution in [3.63, 3.8) is 0 Å². The Morgan fingerprint density at radius 2 is 1.90 bits per heavy atom. The van der Waals surface area contributed by atoms with Crippen LogP contribution in [0.25, 0.3) is 5.69 Å². The summed E-state index contributed by atoms with van der Waals surface area (Å²) in [6.45, 7) is 2.74. The van der Waals surface area contributed by atoms with E-state index in [4.69, 9.17) is 9.72 Å². The molecule has 5 rings (SSSR count). The maximum absolute atomic E-state index is 13.8. The molecule has 1 saturated carbocycles. The van der Waals surface area contributed by atoms with Gasteiger partial charge < -0.3 is 20.1 Å². The van der Waals surface area contributed by atoms with Crippen molar-refractivity contribution in [1.82, 2.24) is 19.8 Å². The highest BCUT2D eigenvalue weighted by atomic mass is 32.2. The lowest BCUT2D eigenvalue weighted by molar-refractivity contribution is -0.132. The smallest absolute Gasteiger partial charge is 0.264 e. The molecule has 3 aromatic rings. The van der Waals surface area contributed by atoms with E-state index < -0.39 is 0 Å². The molecule has 1 aliphatic carbocycles. The van der Waals surface area contributed by atoms with Crippen LogP contribution in [0.4, 0.5) is 4.39 Å². The summed E-state index contributed by atoms with van der Waals surface area (Å²) in [5, 5.41) is 14.9. The predicted octanol–water partition coefficient (Wildman–Crippen LogP) is 4.84.